The second-order valence-electron chi connectivity index (χ2n) is 5.94. The van der Waals surface area contributed by atoms with E-state index in [1.807, 2.05) is 25.2 Å². The van der Waals surface area contributed by atoms with Gasteiger partial charge in [-0.2, -0.15) is 0 Å². The molecular weight excluding hydrogens is 258 g/mol. The zero-order chi connectivity index (χ0) is 14.0. The first-order chi connectivity index (χ1) is 9.01. The van der Waals surface area contributed by atoms with Crippen molar-refractivity contribution in [2.75, 3.05) is 7.05 Å². The van der Waals surface area contributed by atoms with Crippen LogP contribution in [-0.2, 0) is 0 Å². The van der Waals surface area contributed by atoms with E-state index >= 15 is 0 Å². The van der Waals surface area contributed by atoms with Crippen molar-refractivity contribution in [2.24, 2.45) is 11.8 Å². The molecule has 19 heavy (non-hydrogen) atoms. The number of ether oxygens (including phenoxy) is 1. The maximum atomic E-state index is 6.28. The minimum atomic E-state index is 0.221. The molecule has 0 radical (unpaired) electrons. The van der Waals surface area contributed by atoms with E-state index in [1.165, 1.54) is 12.8 Å². The number of aryl methyl sites for hydroxylation is 1. The monoisotopic (exact) mass is 281 g/mol. The highest BCUT2D eigenvalue weighted by atomic mass is 35.5. The van der Waals surface area contributed by atoms with Gasteiger partial charge in [0.1, 0.15) is 11.9 Å². The maximum Gasteiger partial charge on any atom is 0.124 e. The Balaban J connectivity index is 2.17. The van der Waals surface area contributed by atoms with Crippen LogP contribution in [-0.4, -0.2) is 19.2 Å². The number of rotatable bonds is 3. The predicted molar refractivity (Wildman–Crippen MR) is 81.0 cm³/mol. The summed E-state index contributed by atoms with van der Waals surface area (Å²) in [6, 6.07) is 6.26. The fourth-order valence-electron chi connectivity index (χ4n) is 3.16. The molecule has 0 aromatic heterocycles. The van der Waals surface area contributed by atoms with Crippen molar-refractivity contribution < 1.29 is 4.74 Å². The van der Waals surface area contributed by atoms with E-state index in [9.17, 15) is 0 Å². The molecule has 1 aliphatic rings. The van der Waals surface area contributed by atoms with Gasteiger partial charge >= 0.3 is 0 Å². The van der Waals surface area contributed by atoms with Gasteiger partial charge in [-0.25, -0.2) is 0 Å². The highest BCUT2D eigenvalue weighted by Crippen LogP contribution is 2.33. The lowest BCUT2D eigenvalue weighted by Gasteiger charge is -2.39. The van der Waals surface area contributed by atoms with Gasteiger partial charge in [0.15, 0.2) is 0 Å². The molecule has 0 aliphatic heterocycles. The first-order valence-electron chi connectivity index (χ1n) is 7.11. The maximum absolute atomic E-state index is 6.28. The Hall–Kier alpha value is -0.730. The quantitative estimate of drug-likeness (QED) is 0.902. The highest BCUT2D eigenvalue weighted by molar-refractivity contribution is 6.30. The summed E-state index contributed by atoms with van der Waals surface area (Å²) >= 11 is 6.07. The van der Waals surface area contributed by atoms with Gasteiger partial charge in [-0.15, -0.1) is 0 Å². The molecule has 0 heterocycles. The summed E-state index contributed by atoms with van der Waals surface area (Å²) in [4.78, 5) is 0. The lowest BCUT2D eigenvalue weighted by Crippen LogP contribution is -2.49. The zero-order valence-corrected chi connectivity index (χ0v) is 13.0. The number of benzene rings is 1. The summed E-state index contributed by atoms with van der Waals surface area (Å²) in [6.45, 7) is 6.67. The van der Waals surface area contributed by atoms with Gasteiger partial charge in [0.25, 0.3) is 0 Å². The van der Waals surface area contributed by atoms with Gasteiger partial charge in [-0.3, -0.25) is 0 Å². The molecular formula is C16H24ClNO. The molecule has 2 rings (SSSR count). The molecule has 1 aromatic carbocycles. The van der Waals surface area contributed by atoms with E-state index in [2.05, 4.69) is 26.1 Å². The van der Waals surface area contributed by atoms with Crippen LogP contribution in [0, 0.1) is 18.8 Å². The van der Waals surface area contributed by atoms with Crippen LogP contribution in [0.4, 0.5) is 0 Å². The minimum Gasteiger partial charge on any atom is -0.488 e. The van der Waals surface area contributed by atoms with Gasteiger partial charge in [0, 0.05) is 11.1 Å². The Morgan fingerprint density at radius 2 is 2.00 bits per heavy atom. The number of nitrogens with one attached hydrogen (secondary N) is 1. The molecule has 4 atom stereocenters. The van der Waals surface area contributed by atoms with E-state index in [-0.39, 0.29) is 6.10 Å². The van der Waals surface area contributed by atoms with Gasteiger partial charge in [0.05, 0.1) is 0 Å². The third-order valence-electron chi connectivity index (χ3n) is 4.17. The Kier molecular flexibility index (Phi) is 4.75. The van der Waals surface area contributed by atoms with E-state index < -0.39 is 0 Å². The molecule has 0 spiro atoms. The fraction of sp³-hybridized carbons (Fsp3) is 0.625. The highest BCUT2D eigenvalue weighted by Gasteiger charge is 2.34. The molecule has 106 valence electrons. The van der Waals surface area contributed by atoms with Crippen molar-refractivity contribution in [1.29, 1.82) is 0 Å². The molecule has 3 heteroatoms. The van der Waals surface area contributed by atoms with Crippen LogP contribution < -0.4 is 10.1 Å². The second kappa shape index (κ2) is 6.15. The summed E-state index contributed by atoms with van der Waals surface area (Å²) in [5, 5.41) is 4.15. The van der Waals surface area contributed by atoms with Crippen molar-refractivity contribution >= 4 is 11.6 Å². The Bertz CT molecular complexity index is 435. The van der Waals surface area contributed by atoms with E-state index in [4.69, 9.17) is 16.3 Å². The van der Waals surface area contributed by atoms with Crippen LogP contribution >= 0.6 is 11.6 Å². The van der Waals surface area contributed by atoms with Crippen LogP contribution in [0.3, 0.4) is 0 Å². The average Bonchev–Trinajstić information content (AvgIpc) is 2.36. The smallest absolute Gasteiger partial charge is 0.124 e. The van der Waals surface area contributed by atoms with Crippen molar-refractivity contribution in [3.8, 4) is 5.75 Å². The first kappa shape index (κ1) is 14.7. The van der Waals surface area contributed by atoms with Crippen LogP contribution in [0.5, 0.6) is 5.75 Å². The van der Waals surface area contributed by atoms with Crippen LogP contribution in [0.2, 0.25) is 5.02 Å². The lowest BCUT2D eigenvalue weighted by molar-refractivity contribution is 0.0502. The van der Waals surface area contributed by atoms with Crippen LogP contribution in [0.15, 0.2) is 18.2 Å². The molecule has 1 saturated carbocycles. The Morgan fingerprint density at radius 3 is 2.68 bits per heavy atom. The molecule has 4 unspecified atom stereocenters. The van der Waals surface area contributed by atoms with Gasteiger partial charge in [-0.1, -0.05) is 31.5 Å². The summed E-state index contributed by atoms with van der Waals surface area (Å²) < 4.78 is 6.28. The van der Waals surface area contributed by atoms with Crippen LogP contribution in [0.25, 0.3) is 0 Å². The third kappa shape index (κ3) is 3.43. The zero-order valence-electron chi connectivity index (χ0n) is 12.2. The topological polar surface area (TPSA) is 21.3 Å². The molecule has 2 nitrogen and oxygen atoms in total. The predicted octanol–water partition coefficient (Wildman–Crippen LogP) is 4.05. The van der Waals surface area contributed by atoms with E-state index in [0.717, 1.165) is 22.3 Å². The molecule has 0 amide bonds. The molecule has 1 aliphatic carbocycles. The standard InChI is InChI=1S/C16H24ClNO/c1-10-7-12(3)16(14(8-10)18-4)19-15-9-13(17)6-5-11(15)2/h5-6,9-10,12,14,16,18H,7-8H2,1-4H3. The summed E-state index contributed by atoms with van der Waals surface area (Å²) in [6.07, 6.45) is 2.62. The normalized spacial score (nSPS) is 31.2. The van der Waals surface area contributed by atoms with Gasteiger partial charge < -0.3 is 10.1 Å². The minimum absolute atomic E-state index is 0.221. The summed E-state index contributed by atoms with van der Waals surface area (Å²) in [7, 11) is 2.02. The second-order valence-corrected chi connectivity index (χ2v) is 6.38. The lowest BCUT2D eigenvalue weighted by atomic mass is 9.78. The third-order valence-corrected chi connectivity index (χ3v) is 4.41. The Morgan fingerprint density at radius 1 is 1.26 bits per heavy atom. The number of hydrogen-bond donors (Lipinski definition) is 1. The van der Waals surface area contributed by atoms with E-state index in [0.29, 0.717) is 12.0 Å². The Labute approximate surface area is 121 Å². The fourth-order valence-corrected chi connectivity index (χ4v) is 3.32. The SMILES string of the molecule is CNC1CC(C)CC(C)C1Oc1cc(Cl)ccc1C. The molecule has 1 fully saturated rings. The molecule has 0 saturated heterocycles. The first-order valence-corrected chi connectivity index (χ1v) is 7.49. The molecule has 1 aromatic rings. The van der Waals surface area contributed by atoms with Gasteiger partial charge in [0.2, 0.25) is 0 Å². The van der Waals surface area contributed by atoms with Crippen LogP contribution in [0.1, 0.15) is 32.3 Å². The summed E-state index contributed by atoms with van der Waals surface area (Å²) in [5.41, 5.74) is 1.14. The average molecular weight is 282 g/mol. The van der Waals surface area contributed by atoms with Crippen molar-refractivity contribution in [3.63, 3.8) is 0 Å². The molecule has 1 N–H and O–H groups in total. The number of likely N-dealkylation sites (N-methyl/N-ethyl adjacent to an activating group) is 1. The number of hydrogen-bond acceptors (Lipinski definition) is 2. The van der Waals surface area contributed by atoms with Crippen molar-refractivity contribution in [3.05, 3.63) is 28.8 Å². The number of halogens is 1. The molecule has 0 bridgehead atoms. The van der Waals surface area contributed by atoms with Gasteiger partial charge in [-0.05, 0) is 56.3 Å². The van der Waals surface area contributed by atoms with E-state index in [1.54, 1.807) is 0 Å². The summed E-state index contributed by atoms with van der Waals surface area (Å²) in [5.74, 6) is 2.23. The van der Waals surface area contributed by atoms with Crippen molar-refractivity contribution in [2.45, 2.75) is 45.8 Å². The largest absolute Gasteiger partial charge is 0.488 e. The van der Waals surface area contributed by atoms with Crippen molar-refractivity contribution in [1.82, 2.24) is 5.32 Å².